The number of rotatable bonds is 7. The molecular formula is C26H31ClN2O5. The van der Waals surface area contributed by atoms with Crippen LogP contribution in [0.15, 0.2) is 48.5 Å². The molecule has 0 saturated carbocycles. The Morgan fingerprint density at radius 2 is 1.79 bits per heavy atom. The molecule has 0 spiro atoms. The van der Waals surface area contributed by atoms with Gasteiger partial charge in [0.15, 0.2) is 0 Å². The minimum absolute atomic E-state index is 0.0618. The number of carbonyl (C=O) groups is 2. The van der Waals surface area contributed by atoms with E-state index >= 15 is 0 Å². The number of nitrogens with zero attached hydrogens (tertiary/aromatic N) is 2. The summed E-state index contributed by atoms with van der Waals surface area (Å²) in [5.74, 6) is 1.36. The number of methoxy groups -OCH3 is 1. The molecule has 0 bridgehead atoms. The Hall–Kier alpha value is -2.77. The largest absolute Gasteiger partial charge is 0.497 e. The van der Waals surface area contributed by atoms with Crippen molar-refractivity contribution in [1.29, 1.82) is 0 Å². The zero-order chi connectivity index (χ0) is 24.0. The lowest BCUT2D eigenvalue weighted by molar-refractivity contribution is -0.139. The quantitative estimate of drug-likeness (QED) is 0.593. The Bertz CT molecular complexity index is 993. The van der Waals surface area contributed by atoms with E-state index in [9.17, 15) is 9.59 Å². The van der Waals surface area contributed by atoms with Crippen molar-refractivity contribution in [2.45, 2.75) is 19.3 Å². The maximum atomic E-state index is 13.4. The molecule has 0 radical (unpaired) electrons. The van der Waals surface area contributed by atoms with Crippen molar-refractivity contribution in [3.05, 3.63) is 59.1 Å². The van der Waals surface area contributed by atoms with Crippen molar-refractivity contribution in [3.63, 3.8) is 0 Å². The van der Waals surface area contributed by atoms with Crippen molar-refractivity contribution in [2.24, 2.45) is 5.41 Å². The molecule has 4 rings (SSSR count). The first-order valence-electron chi connectivity index (χ1n) is 11.7. The molecule has 34 heavy (non-hydrogen) atoms. The molecule has 2 fully saturated rings. The van der Waals surface area contributed by atoms with Gasteiger partial charge in [-0.05, 0) is 55.3 Å². The zero-order valence-electron chi connectivity index (χ0n) is 19.5. The molecule has 0 N–H and O–H groups in total. The highest BCUT2D eigenvalue weighted by molar-refractivity contribution is 6.30. The molecule has 0 aliphatic carbocycles. The third-order valence-corrected chi connectivity index (χ3v) is 6.77. The van der Waals surface area contributed by atoms with Crippen molar-refractivity contribution < 1.29 is 23.8 Å². The second-order valence-corrected chi connectivity index (χ2v) is 9.41. The number of piperidine rings is 1. The standard InChI is InChI=1S/C26H31ClN2O5/c1-32-23-5-2-4-20(16-23)25(31)29-11-3-10-26(18-29,17-24(30)28-12-14-33-15-13-28)19-34-22-8-6-21(27)7-9-22/h2,4-9,16H,3,10-15,17-19H2,1H3/t26-/m1/s1. The van der Waals surface area contributed by atoms with Crippen LogP contribution in [0.2, 0.25) is 5.02 Å². The number of amides is 2. The van der Waals surface area contributed by atoms with Gasteiger partial charge < -0.3 is 24.0 Å². The van der Waals surface area contributed by atoms with Crippen LogP contribution >= 0.6 is 11.6 Å². The van der Waals surface area contributed by atoms with Gasteiger partial charge in [0.25, 0.3) is 5.91 Å². The number of benzene rings is 2. The van der Waals surface area contributed by atoms with Gasteiger partial charge in [-0.1, -0.05) is 17.7 Å². The SMILES string of the molecule is COc1cccc(C(=O)N2CCC[C@@](COc3ccc(Cl)cc3)(CC(=O)N3CCOCC3)C2)c1. The van der Waals surface area contributed by atoms with Crippen LogP contribution in [0.5, 0.6) is 11.5 Å². The van der Waals surface area contributed by atoms with E-state index < -0.39 is 5.41 Å². The highest BCUT2D eigenvalue weighted by Crippen LogP contribution is 2.36. The molecule has 2 aliphatic heterocycles. The number of halogens is 1. The van der Waals surface area contributed by atoms with E-state index in [0.29, 0.717) is 74.5 Å². The lowest BCUT2D eigenvalue weighted by Gasteiger charge is -2.43. The molecule has 2 aromatic rings. The van der Waals surface area contributed by atoms with E-state index in [1.54, 1.807) is 31.4 Å². The van der Waals surface area contributed by atoms with Crippen molar-refractivity contribution in [3.8, 4) is 11.5 Å². The molecule has 0 aromatic heterocycles. The minimum atomic E-state index is -0.484. The van der Waals surface area contributed by atoms with Gasteiger partial charge in [-0.25, -0.2) is 0 Å². The predicted octanol–water partition coefficient (Wildman–Crippen LogP) is 3.90. The third kappa shape index (κ3) is 6.02. The number of morpholine rings is 1. The lowest BCUT2D eigenvalue weighted by Crippen LogP contribution is -2.52. The maximum absolute atomic E-state index is 13.4. The van der Waals surface area contributed by atoms with Gasteiger partial charge in [-0.3, -0.25) is 9.59 Å². The van der Waals surface area contributed by atoms with Crippen LogP contribution in [0.25, 0.3) is 0 Å². The Morgan fingerprint density at radius 1 is 1.03 bits per heavy atom. The second kappa shape index (κ2) is 11.1. The van der Waals surface area contributed by atoms with E-state index in [0.717, 1.165) is 12.8 Å². The van der Waals surface area contributed by atoms with Crippen LogP contribution in [-0.4, -0.2) is 74.7 Å². The molecule has 7 nitrogen and oxygen atoms in total. The molecule has 2 heterocycles. The molecule has 2 aliphatic rings. The Morgan fingerprint density at radius 3 is 2.53 bits per heavy atom. The van der Waals surface area contributed by atoms with E-state index in [-0.39, 0.29) is 11.8 Å². The lowest BCUT2D eigenvalue weighted by atomic mass is 9.77. The van der Waals surface area contributed by atoms with Crippen LogP contribution < -0.4 is 9.47 Å². The summed E-state index contributed by atoms with van der Waals surface area (Å²) in [4.78, 5) is 30.3. The van der Waals surface area contributed by atoms with Gasteiger partial charge in [0.1, 0.15) is 11.5 Å². The van der Waals surface area contributed by atoms with Gasteiger partial charge in [0.2, 0.25) is 5.91 Å². The van der Waals surface area contributed by atoms with Crippen LogP contribution in [0.4, 0.5) is 0 Å². The Labute approximate surface area is 205 Å². The fraction of sp³-hybridized carbons (Fsp3) is 0.462. The van der Waals surface area contributed by atoms with Gasteiger partial charge in [-0.2, -0.15) is 0 Å². The van der Waals surface area contributed by atoms with Gasteiger partial charge in [0, 0.05) is 48.6 Å². The number of likely N-dealkylation sites (tertiary alicyclic amines) is 1. The third-order valence-electron chi connectivity index (χ3n) is 6.51. The molecule has 2 saturated heterocycles. The number of carbonyl (C=O) groups excluding carboxylic acids is 2. The number of hydrogen-bond donors (Lipinski definition) is 0. The minimum Gasteiger partial charge on any atom is -0.497 e. The Balaban J connectivity index is 1.53. The summed E-state index contributed by atoms with van der Waals surface area (Å²) in [6.45, 7) is 3.74. The van der Waals surface area contributed by atoms with Crippen LogP contribution in [0.3, 0.4) is 0 Å². The molecule has 2 aromatic carbocycles. The average molecular weight is 487 g/mol. The van der Waals surface area contributed by atoms with E-state index in [4.69, 9.17) is 25.8 Å². The first-order chi connectivity index (χ1) is 16.5. The first-order valence-corrected chi connectivity index (χ1v) is 12.0. The van der Waals surface area contributed by atoms with Gasteiger partial charge >= 0.3 is 0 Å². The predicted molar refractivity (Wildman–Crippen MR) is 130 cm³/mol. The summed E-state index contributed by atoms with van der Waals surface area (Å²) < 4.78 is 16.8. The van der Waals surface area contributed by atoms with E-state index in [2.05, 4.69) is 0 Å². The van der Waals surface area contributed by atoms with E-state index in [1.807, 2.05) is 34.1 Å². The molecule has 1 atom stereocenters. The van der Waals surface area contributed by atoms with E-state index in [1.165, 1.54) is 0 Å². The van der Waals surface area contributed by atoms with Crippen LogP contribution in [0.1, 0.15) is 29.6 Å². The summed E-state index contributed by atoms with van der Waals surface area (Å²) >= 11 is 6.01. The normalized spacial score (nSPS) is 20.6. The smallest absolute Gasteiger partial charge is 0.254 e. The highest BCUT2D eigenvalue weighted by Gasteiger charge is 2.41. The van der Waals surface area contributed by atoms with Crippen LogP contribution in [-0.2, 0) is 9.53 Å². The summed E-state index contributed by atoms with van der Waals surface area (Å²) in [6.07, 6.45) is 1.93. The highest BCUT2D eigenvalue weighted by atomic mass is 35.5. The summed E-state index contributed by atoms with van der Waals surface area (Å²) in [7, 11) is 1.58. The fourth-order valence-electron chi connectivity index (χ4n) is 4.65. The number of hydrogen-bond acceptors (Lipinski definition) is 5. The first kappa shape index (κ1) is 24.4. The summed E-state index contributed by atoms with van der Waals surface area (Å²) in [6, 6.07) is 14.4. The zero-order valence-corrected chi connectivity index (χ0v) is 20.3. The van der Waals surface area contributed by atoms with Crippen molar-refractivity contribution >= 4 is 23.4 Å². The van der Waals surface area contributed by atoms with Crippen molar-refractivity contribution in [1.82, 2.24) is 9.80 Å². The fourth-order valence-corrected chi connectivity index (χ4v) is 4.77. The number of ether oxygens (including phenoxy) is 3. The van der Waals surface area contributed by atoms with Crippen molar-refractivity contribution in [2.75, 3.05) is 53.1 Å². The molecule has 8 heteroatoms. The summed E-state index contributed by atoms with van der Waals surface area (Å²) in [5, 5.41) is 0.636. The van der Waals surface area contributed by atoms with Gasteiger partial charge in [0.05, 0.1) is 26.9 Å². The van der Waals surface area contributed by atoms with Gasteiger partial charge in [-0.15, -0.1) is 0 Å². The molecule has 2 amide bonds. The topological polar surface area (TPSA) is 68.3 Å². The molecular weight excluding hydrogens is 456 g/mol. The summed E-state index contributed by atoms with van der Waals surface area (Å²) in [5.41, 5.74) is 0.0928. The molecule has 182 valence electrons. The molecule has 0 unspecified atom stereocenters. The average Bonchev–Trinajstić information content (AvgIpc) is 2.88. The maximum Gasteiger partial charge on any atom is 0.254 e. The monoisotopic (exact) mass is 486 g/mol. The second-order valence-electron chi connectivity index (χ2n) is 8.97. The van der Waals surface area contributed by atoms with Crippen LogP contribution in [0, 0.1) is 5.41 Å². The Kier molecular flexibility index (Phi) is 7.95.